The van der Waals surface area contributed by atoms with E-state index in [1.54, 1.807) is 12.1 Å². The van der Waals surface area contributed by atoms with Gasteiger partial charge >= 0.3 is 0 Å². The zero-order chi connectivity index (χ0) is 13.3. The van der Waals surface area contributed by atoms with E-state index in [1.807, 2.05) is 29.5 Å². The van der Waals surface area contributed by atoms with Crippen LogP contribution in [0.3, 0.4) is 0 Å². The molecule has 1 N–H and O–H groups in total. The SMILES string of the molecule is CCc1nc(-c2ccc(Br)c(F)c2)[nH]c(=O)c1I. The Balaban J connectivity index is 2.60. The summed E-state index contributed by atoms with van der Waals surface area (Å²) in [5.74, 6) is 0.00964. The first-order valence-electron chi connectivity index (χ1n) is 5.27. The highest BCUT2D eigenvalue weighted by atomic mass is 127. The van der Waals surface area contributed by atoms with Crippen molar-refractivity contribution in [1.29, 1.82) is 0 Å². The molecule has 0 spiro atoms. The molecule has 0 aliphatic heterocycles. The van der Waals surface area contributed by atoms with Gasteiger partial charge < -0.3 is 4.98 Å². The van der Waals surface area contributed by atoms with Crippen molar-refractivity contribution in [3.8, 4) is 11.4 Å². The molecule has 3 nitrogen and oxygen atoms in total. The molecule has 0 amide bonds. The quantitative estimate of drug-likeness (QED) is 0.753. The van der Waals surface area contributed by atoms with Gasteiger partial charge in [0.1, 0.15) is 11.6 Å². The minimum atomic E-state index is -0.383. The summed E-state index contributed by atoms with van der Waals surface area (Å²) in [4.78, 5) is 18.7. The highest BCUT2D eigenvalue weighted by Gasteiger charge is 2.10. The number of benzene rings is 1. The Morgan fingerprint density at radius 3 is 2.83 bits per heavy atom. The molecule has 0 bridgehead atoms. The van der Waals surface area contributed by atoms with Crippen molar-refractivity contribution in [2.75, 3.05) is 0 Å². The molecule has 0 saturated carbocycles. The number of aryl methyl sites for hydroxylation is 1. The third-order valence-corrected chi connectivity index (χ3v) is 4.21. The van der Waals surface area contributed by atoms with E-state index in [4.69, 9.17) is 0 Å². The van der Waals surface area contributed by atoms with E-state index in [2.05, 4.69) is 25.9 Å². The van der Waals surface area contributed by atoms with Gasteiger partial charge in [-0.2, -0.15) is 0 Å². The molecule has 0 radical (unpaired) electrons. The molecule has 2 rings (SSSR count). The van der Waals surface area contributed by atoms with Crippen molar-refractivity contribution in [3.05, 3.63) is 48.1 Å². The van der Waals surface area contributed by atoms with Crippen molar-refractivity contribution < 1.29 is 4.39 Å². The number of nitrogens with zero attached hydrogens (tertiary/aromatic N) is 1. The lowest BCUT2D eigenvalue weighted by Crippen LogP contribution is -2.16. The van der Waals surface area contributed by atoms with Crippen LogP contribution in [0.15, 0.2) is 27.5 Å². The van der Waals surface area contributed by atoms with Crippen molar-refractivity contribution in [1.82, 2.24) is 9.97 Å². The maximum Gasteiger partial charge on any atom is 0.264 e. The normalized spacial score (nSPS) is 10.7. The highest BCUT2D eigenvalue weighted by molar-refractivity contribution is 14.1. The summed E-state index contributed by atoms with van der Waals surface area (Å²) < 4.78 is 14.4. The molecule has 0 aliphatic carbocycles. The Kier molecular flexibility index (Phi) is 4.16. The number of aromatic amines is 1. The molecule has 18 heavy (non-hydrogen) atoms. The molecule has 1 aromatic carbocycles. The van der Waals surface area contributed by atoms with Gasteiger partial charge in [-0.05, 0) is 63.1 Å². The Labute approximate surface area is 125 Å². The maximum atomic E-state index is 13.5. The zero-order valence-corrected chi connectivity index (χ0v) is 13.2. The molecule has 2 aromatic rings. The third-order valence-electron chi connectivity index (χ3n) is 2.46. The third kappa shape index (κ3) is 2.64. The molecular formula is C12H9BrFIN2O. The van der Waals surface area contributed by atoms with Crippen LogP contribution < -0.4 is 5.56 Å². The number of hydrogen-bond donors (Lipinski definition) is 1. The fourth-order valence-electron chi connectivity index (χ4n) is 1.52. The number of nitrogens with one attached hydrogen (secondary N) is 1. The lowest BCUT2D eigenvalue weighted by Gasteiger charge is -2.05. The Bertz CT molecular complexity index is 657. The highest BCUT2D eigenvalue weighted by Crippen LogP contribution is 2.22. The van der Waals surface area contributed by atoms with Gasteiger partial charge in [0.15, 0.2) is 0 Å². The first-order valence-corrected chi connectivity index (χ1v) is 7.14. The van der Waals surface area contributed by atoms with Crippen LogP contribution in [-0.2, 0) is 6.42 Å². The molecule has 1 heterocycles. The summed E-state index contributed by atoms with van der Waals surface area (Å²) in [7, 11) is 0. The Morgan fingerprint density at radius 2 is 2.22 bits per heavy atom. The summed E-state index contributed by atoms with van der Waals surface area (Å²) in [5.41, 5.74) is 1.08. The van der Waals surface area contributed by atoms with Gasteiger partial charge in [-0.15, -0.1) is 0 Å². The lowest BCUT2D eigenvalue weighted by atomic mass is 10.2. The summed E-state index contributed by atoms with van der Waals surface area (Å²) in [6, 6.07) is 4.64. The van der Waals surface area contributed by atoms with Gasteiger partial charge in [0.25, 0.3) is 5.56 Å². The maximum absolute atomic E-state index is 13.5. The summed E-state index contributed by atoms with van der Waals surface area (Å²) in [6.07, 6.45) is 0.661. The van der Waals surface area contributed by atoms with Crippen LogP contribution in [0.4, 0.5) is 4.39 Å². The van der Waals surface area contributed by atoms with E-state index >= 15 is 0 Å². The van der Waals surface area contributed by atoms with E-state index in [9.17, 15) is 9.18 Å². The smallest absolute Gasteiger partial charge is 0.264 e. The Hall–Kier alpha value is -0.760. The summed E-state index contributed by atoms with van der Waals surface area (Å²) in [6.45, 7) is 1.93. The second-order valence-electron chi connectivity index (χ2n) is 3.66. The van der Waals surface area contributed by atoms with Crippen LogP contribution in [0.25, 0.3) is 11.4 Å². The number of halogens is 3. The summed E-state index contributed by atoms with van der Waals surface area (Å²) >= 11 is 5.05. The molecule has 0 aliphatic rings. The van der Waals surface area contributed by atoms with E-state index in [-0.39, 0.29) is 11.4 Å². The fourth-order valence-corrected chi connectivity index (χ4v) is 2.40. The molecule has 0 unspecified atom stereocenters. The van der Waals surface area contributed by atoms with Gasteiger partial charge in [-0.1, -0.05) is 6.92 Å². The van der Waals surface area contributed by atoms with Crippen molar-refractivity contribution in [2.45, 2.75) is 13.3 Å². The topological polar surface area (TPSA) is 45.8 Å². The van der Waals surface area contributed by atoms with E-state index < -0.39 is 0 Å². The second-order valence-corrected chi connectivity index (χ2v) is 5.59. The van der Waals surface area contributed by atoms with Crippen LogP contribution in [0.5, 0.6) is 0 Å². The average Bonchev–Trinajstić information content (AvgIpc) is 2.36. The fraction of sp³-hybridized carbons (Fsp3) is 0.167. The van der Waals surface area contributed by atoms with Crippen molar-refractivity contribution >= 4 is 38.5 Å². The van der Waals surface area contributed by atoms with E-state index in [0.717, 1.165) is 5.69 Å². The molecule has 0 fully saturated rings. The first kappa shape index (κ1) is 13.7. The molecular weight excluding hydrogens is 414 g/mol. The largest absolute Gasteiger partial charge is 0.306 e. The zero-order valence-electron chi connectivity index (χ0n) is 9.43. The van der Waals surface area contributed by atoms with E-state index in [1.165, 1.54) is 6.07 Å². The molecule has 1 aromatic heterocycles. The van der Waals surface area contributed by atoms with Crippen LogP contribution in [0.2, 0.25) is 0 Å². The minimum Gasteiger partial charge on any atom is -0.306 e. The van der Waals surface area contributed by atoms with Crippen LogP contribution in [0, 0.1) is 9.39 Å². The second kappa shape index (κ2) is 5.48. The number of H-pyrrole nitrogens is 1. The number of hydrogen-bond acceptors (Lipinski definition) is 2. The van der Waals surface area contributed by atoms with E-state index in [0.29, 0.717) is 25.9 Å². The predicted octanol–water partition coefficient (Wildman–Crippen LogP) is 3.51. The van der Waals surface area contributed by atoms with Gasteiger partial charge in [0, 0.05) is 5.56 Å². The van der Waals surface area contributed by atoms with Crippen LogP contribution in [0.1, 0.15) is 12.6 Å². The lowest BCUT2D eigenvalue weighted by molar-refractivity contribution is 0.621. The first-order chi connectivity index (χ1) is 8.52. The van der Waals surface area contributed by atoms with Crippen molar-refractivity contribution in [2.24, 2.45) is 0 Å². The average molecular weight is 423 g/mol. The predicted molar refractivity (Wildman–Crippen MR) is 80.0 cm³/mol. The van der Waals surface area contributed by atoms with Crippen LogP contribution >= 0.6 is 38.5 Å². The van der Waals surface area contributed by atoms with Gasteiger partial charge in [0.05, 0.1) is 13.7 Å². The van der Waals surface area contributed by atoms with Gasteiger partial charge in [-0.25, -0.2) is 9.37 Å². The van der Waals surface area contributed by atoms with Crippen LogP contribution in [-0.4, -0.2) is 9.97 Å². The van der Waals surface area contributed by atoms with Crippen molar-refractivity contribution in [3.63, 3.8) is 0 Å². The standard InChI is InChI=1S/C12H9BrFIN2O/c1-2-9-10(15)12(18)17-11(16-9)6-3-4-7(13)8(14)5-6/h3-5H,2H2,1H3,(H,16,17,18). The molecule has 6 heteroatoms. The minimum absolute atomic E-state index is 0.194. The number of aromatic nitrogens is 2. The van der Waals surface area contributed by atoms with Gasteiger partial charge in [-0.3, -0.25) is 4.79 Å². The number of rotatable bonds is 2. The summed E-state index contributed by atoms with van der Waals surface area (Å²) in [5, 5.41) is 0. The Morgan fingerprint density at radius 1 is 1.50 bits per heavy atom. The molecule has 0 saturated heterocycles. The monoisotopic (exact) mass is 422 g/mol. The molecule has 0 atom stereocenters. The molecule has 94 valence electrons. The van der Waals surface area contributed by atoms with Gasteiger partial charge in [0.2, 0.25) is 0 Å².